The van der Waals surface area contributed by atoms with Gasteiger partial charge in [0.15, 0.2) is 0 Å². The molecule has 0 fully saturated rings. The molecule has 0 radical (unpaired) electrons. The Morgan fingerprint density at radius 3 is 2.76 bits per heavy atom. The summed E-state index contributed by atoms with van der Waals surface area (Å²) in [7, 11) is 1.99. The van der Waals surface area contributed by atoms with Gasteiger partial charge < -0.3 is 5.32 Å². The molecule has 1 N–H and O–H groups in total. The molecule has 0 aromatic carbocycles. The van der Waals surface area contributed by atoms with E-state index in [1.54, 1.807) is 11.3 Å². The summed E-state index contributed by atoms with van der Waals surface area (Å²) < 4.78 is 1.94. The highest BCUT2D eigenvalue weighted by Gasteiger charge is 2.15. The predicted molar refractivity (Wildman–Crippen MR) is 70.1 cm³/mol. The Bertz CT molecular complexity index is 487. The van der Waals surface area contributed by atoms with Gasteiger partial charge in [-0.05, 0) is 20.8 Å². The van der Waals surface area contributed by atoms with Crippen molar-refractivity contribution in [3.05, 3.63) is 33.5 Å². The Morgan fingerprint density at radius 2 is 2.24 bits per heavy atom. The molecular weight excluding hydrogens is 232 g/mol. The zero-order valence-corrected chi connectivity index (χ0v) is 11.5. The first-order valence-electron chi connectivity index (χ1n) is 5.70. The Balaban J connectivity index is 2.07. The van der Waals surface area contributed by atoms with Gasteiger partial charge >= 0.3 is 0 Å². The van der Waals surface area contributed by atoms with E-state index in [1.165, 1.54) is 11.3 Å². The zero-order valence-electron chi connectivity index (χ0n) is 10.7. The minimum absolute atomic E-state index is 0.297. The molecule has 0 saturated carbocycles. The molecule has 1 atom stereocenters. The van der Waals surface area contributed by atoms with Crippen molar-refractivity contribution in [3.8, 4) is 0 Å². The largest absolute Gasteiger partial charge is 0.304 e. The predicted octanol–water partition coefficient (Wildman–Crippen LogP) is 2.34. The number of nitrogens with zero attached hydrogens (tertiary/aromatic N) is 3. The molecule has 5 heteroatoms. The fraction of sp³-hybridized carbons (Fsp3) is 0.500. The molecule has 0 aliphatic heterocycles. The van der Waals surface area contributed by atoms with Crippen LogP contribution >= 0.6 is 11.3 Å². The summed E-state index contributed by atoms with van der Waals surface area (Å²) >= 11 is 1.63. The molecule has 17 heavy (non-hydrogen) atoms. The highest BCUT2D eigenvalue weighted by Crippen LogP contribution is 2.20. The zero-order chi connectivity index (χ0) is 12.4. The first-order chi connectivity index (χ1) is 8.09. The molecule has 2 heterocycles. The van der Waals surface area contributed by atoms with E-state index in [0.29, 0.717) is 6.04 Å². The smallest absolute Gasteiger partial charge is 0.0795 e. The van der Waals surface area contributed by atoms with Crippen LogP contribution in [-0.4, -0.2) is 14.8 Å². The van der Waals surface area contributed by atoms with Crippen molar-refractivity contribution in [3.63, 3.8) is 0 Å². The lowest BCUT2D eigenvalue weighted by molar-refractivity contribution is 0.563. The van der Waals surface area contributed by atoms with E-state index in [-0.39, 0.29) is 0 Å². The van der Waals surface area contributed by atoms with Gasteiger partial charge in [-0.2, -0.15) is 5.10 Å². The summed E-state index contributed by atoms with van der Waals surface area (Å²) in [4.78, 5) is 4.27. The Kier molecular flexibility index (Phi) is 3.59. The number of aromatic nitrogens is 3. The van der Waals surface area contributed by atoms with Gasteiger partial charge in [0.25, 0.3) is 0 Å². The number of hydrogen-bond donors (Lipinski definition) is 1. The van der Waals surface area contributed by atoms with Gasteiger partial charge in [-0.1, -0.05) is 0 Å². The van der Waals surface area contributed by atoms with E-state index in [0.717, 1.165) is 17.9 Å². The van der Waals surface area contributed by atoms with Gasteiger partial charge in [0.2, 0.25) is 0 Å². The lowest BCUT2D eigenvalue weighted by Gasteiger charge is -2.13. The van der Waals surface area contributed by atoms with Crippen molar-refractivity contribution in [2.24, 2.45) is 7.05 Å². The van der Waals surface area contributed by atoms with Crippen LogP contribution in [0.4, 0.5) is 0 Å². The summed E-state index contributed by atoms with van der Waals surface area (Å²) in [6, 6.07) is 0.297. The topological polar surface area (TPSA) is 42.7 Å². The first kappa shape index (κ1) is 12.3. The molecule has 4 nitrogen and oxygen atoms in total. The van der Waals surface area contributed by atoms with E-state index in [4.69, 9.17) is 0 Å². The van der Waals surface area contributed by atoms with Crippen LogP contribution in [0.3, 0.4) is 0 Å². The molecule has 0 aliphatic carbocycles. The van der Waals surface area contributed by atoms with Crippen LogP contribution in [-0.2, 0) is 13.6 Å². The fourth-order valence-corrected chi connectivity index (χ4v) is 2.66. The van der Waals surface area contributed by atoms with E-state index in [2.05, 4.69) is 41.6 Å². The van der Waals surface area contributed by atoms with Gasteiger partial charge in [0.05, 0.1) is 16.9 Å². The SMILES string of the molecule is Cc1nn(C)c(C)c1C(C)NCc1cscn1. The number of thiazole rings is 1. The van der Waals surface area contributed by atoms with Gasteiger partial charge in [0.1, 0.15) is 0 Å². The minimum atomic E-state index is 0.297. The van der Waals surface area contributed by atoms with Crippen molar-refractivity contribution >= 4 is 11.3 Å². The fourth-order valence-electron chi connectivity index (χ4n) is 2.10. The summed E-state index contributed by atoms with van der Waals surface area (Å²) in [5.74, 6) is 0. The number of hydrogen-bond acceptors (Lipinski definition) is 4. The lowest BCUT2D eigenvalue weighted by Crippen LogP contribution is -2.19. The third-order valence-electron chi connectivity index (χ3n) is 3.07. The molecule has 1 unspecified atom stereocenters. The van der Waals surface area contributed by atoms with Crippen LogP contribution in [0.2, 0.25) is 0 Å². The molecular formula is C12H18N4S. The summed E-state index contributed by atoms with van der Waals surface area (Å²) in [6.45, 7) is 7.14. The number of rotatable bonds is 4. The minimum Gasteiger partial charge on any atom is -0.304 e. The number of nitrogens with one attached hydrogen (secondary N) is 1. The molecule has 0 spiro atoms. The van der Waals surface area contributed by atoms with Gasteiger partial charge in [0, 0.05) is 36.3 Å². The van der Waals surface area contributed by atoms with Crippen LogP contribution < -0.4 is 5.32 Å². The second kappa shape index (κ2) is 4.98. The maximum Gasteiger partial charge on any atom is 0.0795 e. The Labute approximate surface area is 106 Å². The molecule has 2 aromatic rings. The average Bonchev–Trinajstić information content (AvgIpc) is 2.86. The van der Waals surface area contributed by atoms with Crippen molar-refractivity contribution in [1.82, 2.24) is 20.1 Å². The summed E-state index contributed by atoms with van der Waals surface area (Å²) in [5, 5.41) is 10.00. The summed E-state index contributed by atoms with van der Waals surface area (Å²) in [6.07, 6.45) is 0. The molecule has 0 saturated heterocycles. The third-order valence-corrected chi connectivity index (χ3v) is 3.71. The molecule has 0 bridgehead atoms. The van der Waals surface area contributed by atoms with E-state index < -0.39 is 0 Å². The monoisotopic (exact) mass is 250 g/mol. The molecule has 92 valence electrons. The molecule has 2 aromatic heterocycles. The van der Waals surface area contributed by atoms with Crippen LogP contribution in [0.1, 0.15) is 35.6 Å². The number of aryl methyl sites for hydroxylation is 2. The Hall–Kier alpha value is -1.20. The second-order valence-corrected chi connectivity index (χ2v) is 5.01. The van der Waals surface area contributed by atoms with Gasteiger partial charge in [-0.25, -0.2) is 4.98 Å². The lowest BCUT2D eigenvalue weighted by atomic mass is 10.1. The van der Waals surface area contributed by atoms with Crippen LogP contribution in [0.15, 0.2) is 10.9 Å². The van der Waals surface area contributed by atoms with E-state index >= 15 is 0 Å². The maximum absolute atomic E-state index is 4.44. The van der Waals surface area contributed by atoms with Crippen molar-refractivity contribution in [2.45, 2.75) is 33.4 Å². The molecule has 2 rings (SSSR count). The summed E-state index contributed by atoms with van der Waals surface area (Å²) in [5.41, 5.74) is 6.58. The highest BCUT2D eigenvalue weighted by atomic mass is 32.1. The van der Waals surface area contributed by atoms with Crippen molar-refractivity contribution < 1.29 is 0 Å². The normalized spacial score (nSPS) is 12.9. The van der Waals surface area contributed by atoms with Gasteiger partial charge in [-0.3, -0.25) is 4.68 Å². The van der Waals surface area contributed by atoms with Crippen LogP contribution in [0.5, 0.6) is 0 Å². The second-order valence-electron chi connectivity index (χ2n) is 4.29. The van der Waals surface area contributed by atoms with E-state index in [1.807, 2.05) is 17.2 Å². The van der Waals surface area contributed by atoms with Gasteiger partial charge in [-0.15, -0.1) is 11.3 Å². The van der Waals surface area contributed by atoms with Crippen molar-refractivity contribution in [2.75, 3.05) is 0 Å². The van der Waals surface area contributed by atoms with Crippen LogP contribution in [0.25, 0.3) is 0 Å². The maximum atomic E-state index is 4.44. The van der Waals surface area contributed by atoms with E-state index in [9.17, 15) is 0 Å². The Morgan fingerprint density at radius 1 is 1.47 bits per heavy atom. The third kappa shape index (κ3) is 2.56. The van der Waals surface area contributed by atoms with Crippen molar-refractivity contribution in [1.29, 1.82) is 0 Å². The first-order valence-corrected chi connectivity index (χ1v) is 6.64. The molecule has 0 aliphatic rings. The highest BCUT2D eigenvalue weighted by molar-refractivity contribution is 7.07. The quantitative estimate of drug-likeness (QED) is 0.905. The standard InChI is InChI=1S/C12H18N4S/c1-8(13-5-11-6-17-7-14-11)12-9(2)15-16(4)10(12)3/h6-8,13H,5H2,1-4H3. The molecule has 0 amide bonds. The van der Waals surface area contributed by atoms with Crippen LogP contribution in [0, 0.1) is 13.8 Å². The average molecular weight is 250 g/mol.